The van der Waals surface area contributed by atoms with Gasteiger partial charge in [-0.15, -0.1) is 0 Å². The second kappa shape index (κ2) is 9.42. The van der Waals surface area contributed by atoms with Crippen molar-refractivity contribution in [2.45, 2.75) is 50.4 Å². The number of benzene rings is 1. The van der Waals surface area contributed by atoms with Crippen molar-refractivity contribution >= 4 is 41.0 Å². The minimum Gasteiger partial charge on any atom is -0.481 e. The monoisotopic (exact) mass is 414 g/mol. The van der Waals surface area contributed by atoms with E-state index in [4.69, 9.17) is 34.0 Å². The van der Waals surface area contributed by atoms with Crippen LogP contribution >= 0.6 is 23.2 Å². The Morgan fingerprint density at radius 3 is 2.22 bits per heavy atom. The molecule has 0 aromatic heterocycles. The first-order chi connectivity index (χ1) is 12.8. The van der Waals surface area contributed by atoms with Crippen LogP contribution in [0.15, 0.2) is 18.2 Å². The lowest BCUT2D eigenvalue weighted by Gasteiger charge is -2.33. The number of hydrogen-bond donors (Lipinski definition) is 2. The molecule has 1 fully saturated rings. The van der Waals surface area contributed by atoms with E-state index >= 15 is 0 Å². The number of piperidine rings is 1. The summed E-state index contributed by atoms with van der Waals surface area (Å²) in [6, 6.07) is 4.69. The van der Waals surface area contributed by atoms with Crippen LogP contribution in [-0.2, 0) is 19.8 Å². The number of carbonyl (C=O) groups is 3. The lowest BCUT2D eigenvalue weighted by molar-refractivity contribution is -0.137. The standard InChI is InChI=1S/C19H24Cl2N2O4/c20-14-5-4-13(12-15(14)21)19(18(22)27,9-7-17(25)26)8-6-16(24)23-10-2-1-3-11-23/h4-5,12H,1-3,6-11H2,(H2,22,27)(H,25,26). The number of carboxylic acids is 1. The Balaban J connectivity index is 2.29. The van der Waals surface area contributed by atoms with Gasteiger partial charge in [0, 0.05) is 25.9 Å². The molecule has 1 aromatic carbocycles. The molecule has 0 bridgehead atoms. The van der Waals surface area contributed by atoms with Crippen LogP contribution < -0.4 is 5.73 Å². The zero-order chi connectivity index (χ0) is 20.0. The SMILES string of the molecule is NC(=O)C(CCC(=O)O)(CCC(=O)N1CCCCC1)c1ccc(Cl)c(Cl)c1. The number of aliphatic carboxylic acids is 1. The van der Waals surface area contributed by atoms with Crippen LogP contribution in [0.2, 0.25) is 10.0 Å². The van der Waals surface area contributed by atoms with Crippen LogP contribution in [-0.4, -0.2) is 40.9 Å². The van der Waals surface area contributed by atoms with Gasteiger partial charge in [0.25, 0.3) is 0 Å². The number of halogens is 2. The molecule has 6 nitrogen and oxygen atoms in total. The van der Waals surface area contributed by atoms with Crippen LogP contribution in [0, 0.1) is 0 Å². The van der Waals surface area contributed by atoms with Gasteiger partial charge in [0.05, 0.1) is 15.5 Å². The third-order valence-corrected chi connectivity index (χ3v) is 5.92. The highest BCUT2D eigenvalue weighted by atomic mass is 35.5. The molecule has 0 aliphatic carbocycles. The minimum atomic E-state index is -1.29. The van der Waals surface area contributed by atoms with Gasteiger partial charge in [-0.2, -0.15) is 0 Å². The van der Waals surface area contributed by atoms with E-state index in [1.807, 2.05) is 0 Å². The molecular formula is C19H24Cl2N2O4. The highest BCUT2D eigenvalue weighted by Gasteiger charge is 2.39. The first-order valence-corrected chi connectivity index (χ1v) is 9.77. The average Bonchev–Trinajstić information content (AvgIpc) is 2.64. The summed E-state index contributed by atoms with van der Waals surface area (Å²) in [6.07, 6.45) is 3.03. The van der Waals surface area contributed by atoms with E-state index in [0.29, 0.717) is 23.7 Å². The maximum Gasteiger partial charge on any atom is 0.303 e. The topological polar surface area (TPSA) is 101 Å². The summed E-state index contributed by atoms with van der Waals surface area (Å²) in [4.78, 5) is 37.9. The van der Waals surface area contributed by atoms with Crippen molar-refractivity contribution < 1.29 is 19.5 Å². The van der Waals surface area contributed by atoms with Crippen molar-refractivity contribution in [2.75, 3.05) is 13.1 Å². The lowest BCUT2D eigenvalue weighted by Crippen LogP contribution is -2.43. The van der Waals surface area contributed by atoms with Gasteiger partial charge in [0.15, 0.2) is 0 Å². The number of likely N-dealkylation sites (tertiary alicyclic amines) is 1. The van der Waals surface area contributed by atoms with Gasteiger partial charge in [0.1, 0.15) is 0 Å². The van der Waals surface area contributed by atoms with Gasteiger partial charge in [-0.25, -0.2) is 0 Å². The normalized spacial score (nSPS) is 16.6. The van der Waals surface area contributed by atoms with Gasteiger partial charge in [-0.3, -0.25) is 14.4 Å². The van der Waals surface area contributed by atoms with Crippen molar-refractivity contribution in [3.8, 4) is 0 Å². The maximum absolute atomic E-state index is 12.6. The van der Waals surface area contributed by atoms with Gasteiger partial charge < -0.3 is 15.7 Å². The summed E-state index contributed by atoms with van der Waals surface area (Å²) in [5.74, 6) is -1.76. The molecule has 1 aromatic rings. The number of amides is 2. The second-order valence-corrected chi connectivity index (χ2v) is 7.72. The van der Waals surface area contributed by atoms with Crippen molar-refractivity contribution in [3.05, 3.63) is 33.8 Å². The molecule has 1 aliphatic heterocycles. The Morgan fingerprint density at radius 1 is 1.04 bits per heavy atom. The Morgan fingerprint density at radius 2 is 1.67 bits per heavy atom. The molecule has 3 N–H and O–H groups in total. The fourth-order valence-electron chi connectivity index (χ4n) is 3.54. The number of rotatable bonds is 8. The molecule has 0 spiro atoms. The minimum absolute atomic E-state index is 0.0110. The highest BCUT2D eigenvalue weighted by molar-refractivity contribution is 6.42. The van der Waals surface area contributed by atoms with E-state index in [1.54, 1.807) is 17.0 Å². The van der Waals surface area contributed by atoms with Crippen LogP contribution in [0.1, 0.15) is 50.5 Å². The summed E-state index contributed by atoms with van der Waals surface area (Å²) in [7, 11) is 0. The third-order valence-electron chi connectivity index (χ3n) is 5.18. The van der Waals surface area contributed by atoms with E-state index in [2.05, 4.69) is 0 Å². The Kier molecular flexibility index (Phi) is 7.50. The quantitative estimate of drug-likeness (QED) is 0.680. The predicted octanol–water partition coefficient (Wildman–Crippen LogP) is 3.37. The number of carbonyl (C=O) groups excluding carboxylic acids is 2. The molecule has 1 aliphatic rings. The number of nitrogens with zero attached hydrogens (tertiary/aromatic N) is 1. The second-order valence-electron chi connectivity index (χ2n) is 6.91. The zero-order valence-electron chi connectivity index (χ0n) is 15.0. The summed E-state index contributed by atoms with van der Waals surface area (Å²) >= 11 is 12.1. The highest BCUT2D eigenvalue weighted by Crippen LogP contribution is 2.37. The molecule has 2 rings (SSSR count). The molecule has 1 unspecified atom stereocenters. The summed E-state index contributed by atoms with van der Waals surface area (Å²) in [6.45, 7) is 1.43. The van der Waals surface area contributed by atoms with E-state index in [-0.39, 0.29) is 36.6 Å². The number of hydrogen-bond acceptors (Lipinski definition) is 3. The molecule has 8 heteroatoms. The van der Waals surface area contributed by atoms with E-state index in [9.17, 15) is 14.4 Å². The zero-order valence-corrected chi connectivity index (χ0v) is 16.6. The number of nitrogens with two attached hydrogens (primary N) is 1. The molecule has 2 amide bonds. The van der Waals surface area contributed by atoms with Crippen LogP contribution in [0.25, 0.3) is 0 Å². The summed E-state index contributed by atoms with van der Waals surface area (Å²) in [5.41, 5.74) is 4.90. The Labute approximate surface area is 168 Å². The molecule has 1 atom stereocenters. The van der Waals surface area contributed by atoms with Crippen molar-refractivity contribution in [1.29, 1.82) is 0 Å². The van der Waals surface area contributed by atoms with E-state index in [0.717, 1.165) is 19.3 Å². The van der Waals surface area contributed by atoms with Crippen LogP contribution in [0.3, 0.4) is 0 Å². The van der Waals surface area contributed by atoms with E-state index < -0.39 is 17.3 Å². The summed E-state index contributed by atoms with van der Waals surface area (Å²) in [5, 5.41) is 9.68. The molecule has 0 saturated carbocycles. The summed E-state index contributed by atoms with van der Waals surface area (Å²) < 4.78 is 0. The Hall–Kier alpha value is -1.79. The fraction of sp³-hybridized carbons (Fsp3) is 0.526. The van der Waals surface area contributed by atoms with Crippen molar-refractivity contribution in [2.24, 2.45) is 5.73 Å². The van der Waals surface area contributed by atoms with Gasteiger partial charge >= 0.3 is 5.97 Å². The van der Waals surface area contributed by atoms with Gasteiger partial charge in [0.2, 0.25) is 11.8 Å². The average molecular weight is 415 g/mol. The lowest BCUT2D eigenvalue weighted by atomic mass is 9.72. The van der Waals surface area contributed by atoms with E-state index in [1.165, 1.54) is 6.07 Å². The first-order valence-electron chi connectivity index (χ1n) is 9.01. The first kappa shape index (κ1) is 21.5. The van der Waals surface area contributed by atoms with Crippen molar-refractivity contribution in [1.82, 2.24) is 4.90 Å². The largest absolute Gasteiger partial charge is 0.481 e. The molecular weight excluding hydrogens is 391 g/mol. The molecule has 0 radical (unpaired) electrons. The molecule has 27 heavy (non-hydrogen) atoms. The Bertz CT molecular complexity index is 720. The predicted molar refractivity (Wildman–Crippen MR) is 104 cm³/mol. The molecule has 1 saturated heterocycles. The molecule has 148 valence electrons. The number of primary amides is 1. The smallest absolute Gasteiger partial charge is 0.303 e. The molecule has 1 heterocycles. The fourth-order valence-corrected chi connectivity index (χ4v) is 3.84. The van der Waals surface area contributed by atoms with Crippen LogP contribution in [0.5, 0.6) is 0 Å². The van der Waals surface area contributed by atoms with Crippen molar-refractivity contribution in [3.63, 3.8) is 0 Å². The number of carboxylic acid groups (broad SMARTS) is 1. The van der Waals surface area contributed by atoms with Gasteiger partial charge in [-0.05, 0) is 49.8 Å². The van der Waals surface area contributed by atoms with Crippen LogP contribution in [0.4, 0.5) is 0 Å². The maximum atomic E-state index is 12.6. The van der Waals surface area contributed by atoms with Gasteiger partial charge in [-0.1, -0.05) is 29.3 Å². The third kappa shape index (κ3) is 5.36.